The van der Waals surface area contributed by atoms with E-state index in [1.165, 1.54) is 0 Å². The first kappa shape index (κ1) is 18.7. The minimum Gasteiger partial charge on any atom is -0.441 e. The zero-order chi connectivity index (χ0) is 18.7. The molecule has 3 rings (SSSR count). The molecule has 0 N–H and O–H groups in total. The van der Waals surface area contributed by atoms with Gasteiger partial charge in [0, 0.05) is 50.8 Å². The van der Waals surface area contributed by atoms with Gasteiger partial charge in [0.2, 0.25) is 5.91 Å². The zero-order valence-corrected chi connectivity index (χ0v) is 16.1. The van der Waals surface area contributed by atoms with Crippen molar-refractivity contribution >= 4 is 12.0 Å². The zero-order valence-electron chi connectivity index (χ0n) is 16.1. The van der Waals surface area contributed by atoms with Crippen LogP contribution in [0.3, 0.4) is 0 Å². The number of nitrogens with zero attached hydrogens (tertiary/aromatic N) is 4. The second-order valence-electron chi connectivity index (χ2n) is 7.52. The fraction of sp³-hybridized carbons (Fsp3) is 0.737. The molecule has 144 valence electrons. The van der Waals surface area contributed by atoms with Gasteiger partial charge in [-0.15, -0.1) is 0 Å². The highest BCUT2D eigenvalue weighted by atomic mass is 16.6. The van der Waals surface area contributed by atoms with Crippen molar-refractivity contribution in [3.8, 4) is 0 Å². The molecule has 1 aromatic heterocycles. The van der Waals surface area contributed by atoms with Crippen LogP contribution in [0.4, 0.5) is 4.79 Å². The van der Waals surface area contributed by atoms with Crippen molar-refractivity contribution < 1.29 is 14.3 Å². The number of carbonyl (C=O) groups excluding carboxylic acids is 2. The monoisotopic (exact) mass is 362 g/mol. The van der Waals surface area contributed by atoms with Gasteiger partial charge in [0.25, 0.3) is 0 Å². The lowest BCUT2D eigenvalue weighted by Gasteiger charge is -2.37. The number of hydrogen-bond donors (Lipinski definition) is 0. The molecule has 0 bridgehead atoms. The highest BCUT2D eigenvalue weighted by Gasteiger charge is 2.48. The Morgan fingerprint density at radius 1 is 1.35 bits per heavy atom. The lowest BCUT2D eigenvalue weighted by atomic mass is 9.91. The number of hydrogen-bond acceptors (Lipinski definition) is 4. The molecule has 1 atom stereocenters. The van der Waals surface area contributed by atoms with E-state index in [-0.39, 0.29) is 18.0 Å². The van der Waals surface area contributed by atoms with E-state index in [2.05, 4.69) is 18.8 Å². The minimum atomic E-state index is -0.417. The Balaban J connectivity index is 1.56. The van der Waals surface area contributed by atoms with Crippen LogP contribution in [0.15, 0.2) is 12.4 Å². The van der Waals surface area contributed by atoms with E-state index in [0.717, 1.165) is 25.1 Å². The number of carbonyl (C=O) groups is 2. The standard InChI is InChI=1S/C19H30N4O3/c1-4-6-15(3)23-14-19(26-18(23)25)7-10-21(11-8-19)17(24)13-22-12-9-20-16(22)5-2/h9,12,15H,4-8,10-11,13-14H2,1-3H3/t15-/m1/s1. The summed E-state index contributed by atoms with van der Waals surface area (Å²) in [5.74, 6) is 1.03. The summed E-state index contributed by atoms with van der Waals surface area (Å²) in [7, 11) is 0. The summed E-state index contributed by atoms with van der Waals surface area (Å²) in [6, 6.07) is 0.209. The predicted octanol–water partition coefficient (Wildman–Crippen LogP) is 2.45. The van der Waals surface area contributed by atoms with Crippen molar-refractivity contribution in [3.05, 3.63) is 18.2 Å². The second-order valence-corrected chi connectivity index (χ2v) is 7.52. The topological polar surface area (TPSA) is 67.7 Å². The van der Waals surface area contributed by atoms with Gasteiger partial charge in [-0.3, -0.25) is 4.79 Å². The van der Waals surface area contributed by atoms with E-state index in [0.29, 0.717) is 39.0 Å². The number of ether oxygens (including phenoxy) is 1. The summed E-state index contributed by atoms with van der Waals surface area (Å²) in [4.78, 5) is 32.9. The van der Waals surface area contributed by atoms with Crippen LogP contribution in [0.1, 0.15) is 52.3 Å². The molecule has 2 amide bonds. The minimum absolute atomic E-state index is 0.105. The van der Waals surface area contributed by atoms with Crippen LogP contribution in [0.25, 0.3) is 0 Å². The van der Waals surface area contributed by atoms with Gasteiger partial charge in [-0.05, 0) is 13.3 Å². The average molecular weight is 362 g/mol. The molecule has 26 heavy (non-hydrogen) atoms. The lowest BCUT2D eigenvalue weighted by molar-refractivity contribution is -0.135. The Labute approximate surface area is 155 Å². The Kier molecular flexibility index (Phi) is 5.53. The molecule has 2 saturated heterocycles. The number of aromatic nitrogens is 2. The third-order valence-electron chi connectivity index (χ3n) is 5.69. The third-order valence-corrected chi connectivity index (χ3v) is 5.69. The van der Waals surface area contributed by atoms with Crippen molar-refractivity contribution in [1.29, 1.82) is 0 Å². The Hall–Kier alpha value is -2.05. The number of aryl methyl sites for hydroxylation is 1. The summed E-state index contributed by atoms with van der Waals surface area (Å²) < 4.78 is 7.69. The third kappa shape index (κ3) is 3.71. The number of likely N-dealkylation sites (tertiary alicyclic amines) is 1. The van der Waals surface area contributed by atoms with Crippen LogP contribution in [0, 0.1) is 0 Å². The van der Waals surface area contributed by atoms with Crippen LogP contribution in [0.5, 0.6) is 0 Å². The molecule has 0 saturated carbocycles. The van der Waals surface area contributed by atoms with Gasteiger partial charge in [-0.25, -0.2) is 9.78 Å². The highest BCUT2D eigenvalue weighted by molar-refractivity contribution is 5.76. The molecule has 7 nitrogen and oxygen atoms in total. The molecule has 1 aromatic rings. The van der Waals surface area contributed by atoms with E-state index in [1.54, 1.807) is 6.20 Å². The normalized spacial score (nSPS) is 20.5. The van der Waals surface area contributed by atoms with Gasteiger partial charge in [-0.1, -0.05) is 20.3 Å². The Morgan fingerprint density at radius 3 is 2.73 bits per heavy atom. The van der Waals surface area contributed by atoms with Crippen LogP contribution >= 0.6 is 0 Å². The molecule has 1 spiro atoms. The second kappa shape index (κ2) is 7.68. The lowest BCUT2D eigenvalue weighted by Crippen LogP contribution is -2.49. The van der Waals surface area contributed by atoms with Crippen LogP contribution in [0.2, 0.25) is 0 Å². The van der Waals surface area contributed by atoms with Crippen molar-refractivity contribution in [2.24, 2.45) is 0 Å². The van der Waals surface area contributed by atoms with Gasteiger partial charge in [0.05, 0.1) is 6.54 Å². The van der Waals surface area contributed by atoms with E-state index in [4.69, 9.17) is 4.74 Å². The summed E-state index contributed by atoms with van der Waals surface area (Å²) in [6.07, 6.45) is 7.67. The quantitative estimate of drug-likeness (QED) is 0.779. The predicted molar refractivity (Wildman–Crippen MR) is 97.7 cm³/mol. The molecule has 3 heterocycles. The maximum absolute atomic E-state index is 12.6. The molecule has 2 fully saturated rings. The molecule has 2 aliphatic rings. The smallest absolute Gasteiger partial charge is 0.410 e. The molecule has 0 unspecified atom stereocenters. The Bertz CT molecular complexity index is 649. The first-order valence-corrected chi connectivity index (χ1v) is 9.75. The SMILES string of the molecule is CCC[C@@H](C)N1CC2(CCN(C(=O)Cn3ccnc3CC)CC2)OC1=O. The highest BCUT2D eigenvalue weighted by Crippen LogP contribution is 2.34. The number of rotatable bonds is 6. The maximum Gasteiger partial charge on any atom is 0.410 e. The van der Waals surface area contributed by atoms with Crippen LogP contribution in [-0.2, 0) is 22.5 Å². The number of imidazole rings is 1. The van der Waals surface area contributed by atoms with Crippen molar-refractivity contribution in [2.45, 2.75) is 71.1 Å². The van der Waals surface area contributed by atoms with Gasteiger partial charge in [0.15, 0.2) is 0 Å². The van der Waals surface area contributed by atoms with Gasteiger partial charge in [-0.2, -0.15) is 0 Å². The van der Waals surface area contributed by atoms with Gasteiger partial charge in [0.1, 0.15) is 18.0 Å². The summed E-state index contributed by atoms with van der Waals surface area (Å²) in [5.41, 5.74) is -0.417. The van der Waals surface area contributed by atoms with Crippen molar-refractivity contribution in [1.82, 2.24) is 19.4 Å². The van der Waals surface area contributed by atoms with E-state index in [9.17, 15) is 9.59 Å². The maximum atomic E-state index is 12.6. The Morgan fingerprint density at radius 2 is 2.08 bits per heavy atom. The first-order chi connectivity index (χ1) is 12.5. The van der Waals surface area contributed by atoms with Gasteiger partial charge >= 0.3 is 6.09 Å². The molecule has 0 aromatic carbocycles. The largest absolute Gasteiger partial charge is 0.441 e. The average Bonchev–Trinajstić information content (AvgIpc) is 3.20. The van der Waals surface area contributed by atoms with Gasteiger partial charge < -0.3 is 19.1 Å². The van der Waals surface area contributed by atoms with E-state index >= 15 is 0 Å². The van der Waals surface area contributed by atoms with Crippen molar-refractivity contribution in [3.63, 3.8) is 0 Å². The summed E-state index contributed by atoms with van der Waals surface area (Å²) in [5, 5.41) is 0. The van der Waals surface area contributed by atoms with Crippen LogP contribution in [-0.4, -0.2) is 62.6 Å². The summed E-state index contributed by atoms with van der Waals surface area (Å²) in [6.45, 7) is 8.50. The fourth-order valence-electron chi connectivity index (χ4n) is 4.03. The number of amides is 2. The first-order valence-electron chi connectivity index (χ1n) is 9.75. The molecular weight excluding hydrogens is 332 g/mol. The molecule has 0 radical (unpaired) electrons. The van der Waals surface area contributed by atoms with Crippen LogP contribution < -0.4 is 0 Å². The molecule has 2 aliphatic heterocycles. The van der Waals surface area contributed by atoms with Crippen molar-refractivity contribution in [2.75, 3.05) is 19.6 Å². The molecule has 7 heteroatoms. The fourth-order valence-corrected chi connectivity index (χ4v) is 4.03. The molecule has 0 aliphatic carbocycles. The number of piperidine rings is 1. The van der Waals surface area contributed by atoms with E-state index in [1.807, 2.05) is 27.5 Å². The van der Waals surface area contributed by atoms with E-state index < -0.39 is 5.60 Å². The molecular formula is C19H30N4O3. The summed E-state index contributed by atoms with van der Waals surface area (Å²) >= 11 is 0.